The minimum atomic E-state index is -0.129. The third kappa shape index (κ3) is 7.63. The van der Waals surface area contributed by atoms with E-state index >= 15 is 0 Å². The average molecular weight is 427 g/mol. The Kier molecular flexibility index (Phi) is 9.38. The monoisotopic (exact) mass is 426 g/mol. The first-order valence-electron chi connectivity index (χ1n) is 10.7. The van der Waals surface area contributed by atoms with Crippen molar-refractivity contribution in [2.45, 2.75) is 40.8 Å². The standard InChI is InChI=1S/C25H34N2O4/c1-18(2)24(28)26-13-14-27(25(29)19(3)4)16-21-11-12-22(23(15-21)30-5)31-17-20-9-7-6-8-10-20/h6-12,15,18-19H,13-14,16-17H2,1-5H3,(H,26,28). The molecule has 0 saturated carbocycles. The van der Waals surface area contributed by atoms with Crippen LogP contribution in [0.3, 0.4) is 0 Å². The van der Waals surface area contributed by atoms with Crippen LogP contribution < -0.4 is 14.8 Å². The highest BCUT2D eigenvalue weighted by Gasteiger charge is 2.19. The number of hydrogen-bond donors (Lipinski definition) is 1. The van der Waals surface area contributed by atoms with Gasteiger partial charge in [0.1, 0.15) is 6.61 Å². The maximum Gasteiger partial charge on any atom is 0.225 e. The van der Waals surface area contributed by atoms with E-state index in [4.69, 9.17) is 9.47 Å². The molecule has 0 radical (unpaired) electrons. The summed E-state index contributed by atoms with van der Waals surface area (Å²) >= 11 is 0. The fourth-order valence-corrected chi connectivity index (χ4v) is 3.04. The number of carbonyl (C=O) groups excluding carboxylic acids is 2. The van der Waals surface area contributed by atoms with Gasteiger partial charge >= 0.3 is 0 Å². The summed E-state index contributed by atoms with van der Waals surface area (Å²) in [5.74, 6) is 1.10. The molecule has 0 bridgehead atoms. The van der Waals surface area contributed by atoms with Gasteiger partial charge in [-0.25, -0.2) is 0 Å². The highest BCUT2D eigenvalue weighted by molar-refractivity contribution is 5.79. The summed E-state index contributed by atoms with van der Waals surface area (Å²) in [6.07, 6.45) is 0. The number of methoxy groups -OCH3 is 1. The maximum atomic E-state index is 12.7. The molecule has 0 aliphatic heterocycles. The number of amides is 2. The first-order valence-corrected chi connectivity index (χ1v) is 10.7. The van der Waals surface area contributed by atoms with Crippen molar-refractivity contribution in [2.24, 2.45) is 11.8 Å². The van der Waals surface area contributed by atoms with Crippen molar-refractivity contribution in [1.29, 1.82) is 0 Å². The van der Waals surface area contributed by atoms with Crippen molar-refractivity contribution in [3.63, 3.8) is 0 Å². The predicted molar refractivity (Wildman–Crippen MR) is 122 cm³/mol. The molecule has 2 aromatic rings. The summed E-state index contributed by atoms with van der Waals surface area (Å²) < 4.78 is 11.4. The summed E-state index contributed by atoms with van der Waals surface area (Å²) in [6.45, 7) is 9.20. The van der Waals surface area contributed by atoms with Crippen LogP contribution in [-0.4, -0.2) is 36.9 Å². The summed E-state index contributed by atoms with van der Waals surface area (Å²) in [5, 5.41) is 2.88. The molecule has 31 heavy (non-hydrogen) atoms. The third-order valence-electron chi connectivity index (χ3n) is 4.85. The molecule has 168 valence electrons. The van der Waals surface area contributed by atoms with E-state index in [9.17, 15) is 9.59 Å². The number of hydrogen-bond acceptors (Lipinski definition) is 4. The van der Waals surface area contributed by atoms with Crippen molar-refractivity contribution in [3.05, 3.63) is 59.7 Å². The lowest BCUT2D eigenvalue weighted by molar-refractivity contribution is -0.135. The normalized spacial score (nSPS) is 10.8. The first-order chi connectivity index (χ1) is 14.8. The second-order valence-electron chi connectivity index (χ2n) is 8.12. The number of nitrogens with one attached hydrogen (secondary N) is 1. The van der Waals surface area contributed by atoms with Crippen LogP contribution in [0.4, 0.5) is 0 Å². The topological polar surface area (TPSA) is 67.9 Å². The van der Waals surface area contributed by atoms with E-state index in [0.29, 0.717) is 37.7 Å². The summed E-state index contributed by atoms with van der Waals surface area (Å²) in [6, 6.07) is 15.6. The van der Waals surface area contributed by atoms with Crippen LogP contribution in [0.25, 0.3) is 0 Å². The van der Waals surface area contributed by atoms with Crippen LogP contribution in [0.1, 0.15) is 38.8 Å². The number of benzene rings is 2. The van der Waals surface area contributed by atoms with Crippen LogP contribution in [0.15, 0.2) is 48.5 Å². The van der Waals surface area contributed by atoms with E-state index in [1.54, 1.807) is 12.0 Å². The van der Waals surface area contributed by atoms with Crippen LogP contribution in [0.5, 0.6) is 11.5 Å². The number of nitrogens with zero attached hydrogens (tertiary/aromatic N) is 1. The Balaban J connectivity index is 2.06. The van der Waals surface area contributed by atoms with Crippen molar-refractivity contribution in [2.75, 3.05) is 20.2 Å². The molecule has 1 N–H and O–H groups in total. The molecule has 0 aliphatic carbocycles. The fraction of sp³-hybridized carbons (Fsp3) is 0.440. The van der Waals surface area contributed by atoms with E-state index in [1.807, 2.05) is 76.2 Å². The van der Waals surface area contributed by atoms with Gasteiger partial charge in [0, 0.05) is 31.5 Å². The molecule has 0 aromatic heterocycles. The van der Waals surface area contributed by atoms with Gasteiger partial charge in [0.15, 0.2) is 11.5 Å². The largest absolute Gasteiger partial charge is 0.493 e. The van der Waals surface area contributed by atoms with Gasteiger partial charge in [-0.15, -0.1) is 0 Å². The van der Waals surface area contributed by atoms with Gasteiger partial charge in [0.25, 0.3) is 0 Å². The predicted octanol–water partition coefficient (Wildman–Crippen LogP) is 4.03. The SMILES string of the molecule is COc1cc(CN(CCNC(=O)C(C)C)C(=O)C(C)C)ccc1OCc1ccccc1. The van der Waals surface area contributed by atoms with Gasteiger partial charge < -0.3 is 19.7 Å². The van der Waals surface area contributed by atoms with Crippen molar-refractivity contribution in [3.8, 4) is 11.5 Å². The van der Waals surface area contributed by atoms with Crippen molar-refractivity contribution in [1.82, 2.24) is 10.2 Å². The molecule has 6 nitrogen and oxygen atoms in total. The molecule has 0 atom stereocenters. The molecule has 2 rings (SSSR count). The molecule has 0 heterocycles. The minimum absolute atomic E-state index is 0.0152. The quantitative estimate of drug-likeness (QED) is 0.589. The zero-order valence-corrected chi connectivity index (χ0v) is 19.2. The Bertz CT molecular complexity index is 850. The third-order valence-corrected chi connectivity index (χ3v) is 4.85. The molecular weight excluding hydrogens is 392 g/mol. The zero-order valence-electron chi connectivity index (χ0n) is 19.2. The smallest absolute Gasteiger partial charge is 0.225 e. The first kappa shape index (κ1) is 24.3. The van der Waals surface area contributed by atoms with Crippen LogP contribution in [-0.2, 0) is 22.7 Å². The zero-order chi connectivity index (χ0) is 22.8. The Hall–Kier alpha value is -3.02. The van der Waals surface area contributed by atoms with E-state index in [1.165, 1.54) is 0 Å². The van der Waals surface area contributed by atoms with Gasteiger partial charge in [-0.05, 0) is 23.3 Å². The Morgan fingerprint density at radius 3 is 2.26 bits per heavy atom. The highest BCUT2D eigenvalue weighted by Crippen LogP contribution is 2.29. The van der Waals surface area contributed by atoms with Crippen LogP contribution in [0, 0.1) is 11.8 Å². The van der Waals surface area contributed by atoms with Gasteiger partial charge in [0.2, 0.25) is 11.8 Å². The molecule has 2 aromatic carbocycles. The Labute approximate surface area is 185 Å². The lowest BCUT2D eigenvalue weighted by Gasteiger charge is -2.25. The lowest BCUT2D eigenvalue weighted by atomic mass is 10.1. The molecule has 0 aliphatic rings. The summed E-state index contributed by atoms with van der Waals surface area (Å²) in [5.41, 5.74) is 2.01. The van der Waals surface area contributed by atoms with Gasteiger partial charge in [0.05, 0.1) is 7.11 Å². The van der Waals surface area contributed by atoms with E-state index < -0.39 is 0 Å². The van der Waals surface area contributed by atoms with E-state index in [2.05, 4.69) is 5.32 Å². The molecular formula is C25H34N2O4. The summed E-state index contributed by atoms with van der Waals surface area (Å²) in [4.78, 5) is 26.3. The molecule has 6 heteroatoms. The Morgan fingerprint density at radius 1 is 0.935 bits per heavy atom. The highest BCUT2D eigenvalue weighted by atomic mass is 16.5. The van der Waals surface area contributed by atoms with Crippen molar-refractivity contribution >= 4 is 11.8 Å². The molecule has 0 fully saturated rings. The molecule has 0 spiro atoms. The van der Waals surface area contributed by atoms with Crippen molar-refractivity contribution < 1.29 is 19.1 Å². The minimum Gasteiger partial charge on any atom is -0.493 e. The summed E-state index contributed by atoms with van der Waals surface area (Å²) in [7, 11) is 1.60. The molecule has 0 saturated heterocycles. The number of ether oxygens (including phenoxy) is 2. The molecule has 2 amide bonds. The van der Waals surface area contributed by atoms with Gasteiger partial charge in [-0.3, -0.25) is 9.59 Å². The van der Waals surface area contributed by atoms with E-state index in [-0.39, 0.29) is 23.7 Å². The second-order valence-corrected chi connectivity index (χ2v) is 8.12. The van der Waals surface area contributed by atoms with Gasteiger partial charge in [-0.1, -0.05) is 64.1 Å². The van der Waals surface area contributed by atoms with Gasteiger partial charge in [-0.2, -0.15) is 0 Å². The second kappa shape index (κ2) is 12.0. The fourth-order valence-electron chi connectivity index (χ4n) is 3.04. The number of rotatable bonds is 11. The van der Waals surface area contributed by atoms with Crippen LogP contribution in [0.2, 0.25) is 0 Å². The van der Waals surface area contributed by atoms with Crippen LogP contribution >= 0.6 is 0 Å². The van der Waals surface area contributed by atoms with E-state index in [0.717, 1.165) is 11.1 Å². The average Bonchev–Trinajstić information content (AvgIpc) is 2.77. The molecule has 0 unspecified atom stereocenters. The maximum absolute atomic E-state index is 12.7. The Morgan fingerprint density at radius 2 is 1.65 bits per heavy atom. The lowest BCUT2D eigenvalue weighted by Crippen LogP contribution is -2.40. The number of carbonyl (C=O) groups is 2.